The number of benzene rings is 2. The summed E-state index contributed by atoms with van der Waals surface area (Å²) in [6.45, 7) is 8.44. The van der Waals surface area contributed by atoms with Crippen molar-refractivity contribution in [1.29, 1.82) is 0 Å². The van der Waals surface area contributed by atoms with Gasteiger partial charge in [-0.3, -0.25) is 9.08 Å². The number of rotatable bonds is 9. The number of aromatic nitrogens is 3. The molecule has 2 aliphatic rings. The van der Waals surface area contributed by atoms with E-state index in [0.29, 0.717) is 50.6 Å². The molecule has 1 N–H and O–H groups in total. The van der Waals surface area contributed by atoms with Gasteiger partial charge in [0, 0.05) is 68.1 Å². The monoisotopic (exact) mass is 657 g/mol. The van der Waals surface area contributed by atoms with Gasteiger partial charge >= 0.3 is 10.3 Å². The highest BCUT2D eigenvalue weighted by Crippen LogP contribution is 2.36. The van der Waals surface area contributed by atoms with Crippen LogP contribution in [0, 0.1) is 0 Å². The quantitative estimate of drug-likeness (QED) is 0.237. The van der Waals surface area contributed by atoms with Gasteiger partial charge in [0.05, 0.1) is 39.7 Å². The van der Waals surface area contributed by atoms with Gasteiger partial charge in [0.25, 0.3) is 0 Å². The van der Waals surface area contributed by atoms with Crippen molar-refractivity contribution in [3.63, 3.8) is 0 Å². The fourth-order valence-electron chi connectivity index (χ4n) is 6.01. The third-order valence-corrected chi connectivity index (χ3v) is 10.2. The highest BCUT2D eigenvalue weighted by atomic mass is 35.5. The molecule has 0 amide bonds. The van der Waals surface area contributed by atoms with Gasteiger partial charge in [0.15, 0.2) is 0 Å². The molecule has 0 aliphatic carbocycles. The second-order valence-electron chi connectivity index (χ2n) is 11.4. The first kappa shape index (κ1) is 31.1. The van der Waals surface area contributed by atoms with E-state index in [9.17, 15) is 8.42 Å². The third-order valence-electron chi connectivity index (χ3n) is 8.42. The number of piperidine rings is 1. The molecule has 2 aromatic heterocycles. The van der Waals surface area contributed by atoms with Crippen LogP contribution in [-0.4, -0.2) is 91.1 Å². The first-order valence-corrected chi connectivity index (χ1v) is 17.1. The number of piperazine rings is 1. The molecule has 0 bridgehead atoms. The number of nitrogens with one attached hydrogen (secondary N) is 1. The van der Waals surface area contributed by atoms with Crippen LogP contribution in [-0.2, 0) is 14.5 Å². The Morgan fingerprint density at radius 2 is 1.75 bits per heavy atom. The van der Waals surface area contributed by atoms with Gasteiger partial charge in [0.2, 0.25) is 5.95 Å². The molecule has 0 radical (unpaired) electrons. The largest absolute Gasteiger partial charge is 0.370 e. The van der Waals surface area contributed by atoms with E-state index in [1.54, 1.807) is 12.1 Å². The fourth-order valence-corrected chi connectivity index (χ4v) is 7.63. The topological polar surface area (TPSA) is 95.8 Å². The number of nitrogens with zero attached hydrogens (tertiary/aromatic N) is 6. The van der Waals surface area contributed by atoms with E-state index in [2.05, 4.69) is 37.0 Å². The lowest BCUT2D eigenvalue weighted by Crippen LogP contribution is -2.52. The second-order valence-corrected chi connectivity index (χ2v) is 13.7. The van der Waals surface area contributed by atoms with Gasteiger partial charge in [0.1, 0.15) is 0 Å². The first-order valence-electron chi connectivity index (χ1n) is 15.0. The molecule has 2 fully saturated rings. The van der Waals surface area contributed by atoms with Crippen LogP contribution in [0.5, 0.6) is 0 Å². The van der Waals surface area contributed by atoms with Crippen molar-refractivity contribution in [1.82, 2.24) is 23.7 Å². The molecule has 2 aliphatic heterocycles. The minimum atomic E-state index is -4.05. The summed E-state index contributed by atoms with van der Waals surface area (Å²) in [4.78, 5) is 16.5. The average Bonchev–Trinajstić information content (AvgIpc) is 3.42. The maximum atomic E-state index is 13.0. The summed E-state index contributed by atoms with van der Waals surface area (Å²) in [6, 6.07) is 13.7. The molecule has 0 spiro atoms. The minimum absolute atomic E-state index is 0.0861. The number of fused-ring (bicyclic) bond motifs is 1. The molecule has 0 atom stereocenters. The lowest BCUT2D eigenvalue weighted by molar-refractivity contribution is 0.0982. The van der Waals surface area contributed by atoms with Crippen LogP contribution in [0.1, 0.15) is 26.2 Å². The number of hydrogen-bond acceptors (Lipinski definition) is 9. The van der Waals surface area contributed by atoms with Crippen molar-refractivity contribution in [2.24, 2.45) is 0 Å². The van der Waals surface area contributed by atoms with Crippen molar-refractivity contribution in [2.45, 2.75) is 32.2 Å². The molecule has 4 aromatic rings. The summed E-state index contributed by atoms with van der Waals surface area (Å²) < 4.78 is 32.2. The Kier molecular flexibility index (Phi) is 9.32. The maximum absolute atomic E-state index is 13.0. The van der Waals surface area contributed by atoms with Crippen molar-refractivity contribution in [2.75, 3.05) is 63.1 Å². The molecule has 6 rings (SSSR count). The summed E-state index contributed by atoms with van der Waals surface area (Å²) in [6.07, 6.45) is 5.82. The van der Waals surface area contributed by atoms with Crippen LogP contribution >= 0.6 is 23.2 Å². The molecule has 13 heteroatoms. The maximum Gasteiger partial charge on any atom is 0.366 e. The van der Waals surface area contributed by atoms with E-state index >= 15 is 0 Å². The lowest BCUT2D eigenvalue weighted by Gasteiger charge is -2.42. The SMILES string of the molecule is CCCOS(=O)(=O)n1cc(-c2nc(Nc3ccc(N4CCC(N5CCN(C)CC5)CC4)c(Cl)c3)ncc2Cl)c2ccccc21. The predicted molar refractivity (Wildman–Crippen MR) is 178 cm³/mol. The smallest absolute Gasteiger partial charge is 0.366 e. The number of anilines is 3. The molecule has 10 nitrogen and oxygen atoms in total. The van der Waals surface area contributed by atoms with Gasteiger partial charge in [-0.1, -0.05) is 48.3 Å². The van der Waals surface area contributed by atoms with Crippen LogP contribution in [0.3, 0.4) is 0 Å². The predicted octanol–water partition coefficient (Wildman–Crippen LogP) is 5.88. The molecule has 2 saturated heterocycles. The Balaban J connectivity index is 1.19. The Bertz CT molecular complexity index is 1730. The minimum Gasteiger partial charge on any atom is -0.370 e. The van der Waals surface area contributed by atoms with E-state index in [1.165, 1.54) is 12.4 Å². The van der Waals surface area contributed by atoms with E-state index in [1.807, 2.05) is 37.3 Å². The summed E-state index contributed by atoms with van der Waals surface area (Å²) >= 11 is 13.4. The lowest BCUT2D eigenvalue weighted by atomic mass is 10.0. The molecular weight excluding hydrogens is 621 g/mol. The summed E-state index contributed by atoms with van der Waals surface area (Å²) in [5, 5.41) is 4.85. The number of likely N-dealkylation sites (N-methyl/N-ethyl adjacent to an activating group) is 1. The first-order chi connectivity index (χ1) is 21.2. The number of halogens is 2. The van der Waals surface area contributed by atoms with Crippen molar-refractivity contribution in [3.8, 4) is 11.3 Å². The van der Waals surface area contributed by atoms with E-state index in [4.69, 9.17) is 27.4 Å². The Morgan fingerprint density at radius 3 is 2.48 bits per heavy atom. The Morgan fingerprint density at radius 1 is 1.00 bits per heavy atom. The summed E-state index contributed by atoms with van der Waals surface area (Å²) in [5.41, 5.74) is 3.17. The van der Waals surface area contributed by atoms with Crippen molar-refractivity contribution < 1.29 is 12.6 Å². The molecule has 234 valence electrons. The average molecular weight is 659 g/mol. The van der Waals surface area contributed by atoms with E-state index in [0.717, 1.165) is 67.5 Å². The number of hydrogen-bond donors (Lipinski definition) is 1. The van der Waals surface area contributed by atoms with Crippen LogP contribution in [0.15, 0.2) is 54.9 Å². The molecule has 4 heterocycles. The summed E-state index contributed by atoms with van der Waals surface area (Å²) in [7, 11) is -1.85. The molecule has 2 aromatic carbocycles. The van der Waals surface area contributed by atoms with Gasteiger partial charge in [-0.05, 0) is 50.6 Å². The molecular formula is C31H37Cl2N7O3S. The molecule has 0 saturated carbocycles. The molecule has 44 heavy (non-hydrogen) atoms. The normalized spacial score (nSPS) is 17.4. The summed E-state index contributed by atoms with van der Waals surface area (Å²) in [5.74, 6) is 0.308. The van der Waals surface area contributed by atoms with E-state index < -0.39 is 10.3 Å². The highest BCUT2D eigenvalue weighted by molar-refractivity contribution is 7.85. The molecule has 0 unspecified atom stereocenters. The van der Waals surface area contributed by atoms with Crippen molar-refractivity contribution >= 4 is 61.7 Å². The van der Waals surface area contributed by atoms with Gasteiger partial charge in [-0.2, -0.15) is 8.42 Å². The van der Waals surface area contributed by atoms with Gasteiger partial charge in [-0.15, -0.1) is 0 Å². The van der Waals surface area contributed by atoms with Crippen molar-refractivity contribution in [3.05, 3.63) is 64.9 Å². The van der Waals surface area contributed by atoms with Crippen LogP contribution in [0.4, 0.5) is 17.3 Å². The zero-order chi connectivity index (χ0) is 30.8. The third kappa shape index (κ3) is 6.54. The Hall–Kier alpha value is -2.93. The second kappa shape index (κ2) is 13.2. The fraction of sp³-hybridized carbons (Fsp3) is 0.419. The highest BCUT2D eigenvalue weighted by Gasteiger charge is 2.28. The van der Waals surface area contributed by atoms with Gasteiger partial charge < -0.3 is 15.1 Å². The Labute approximate surface area is 268 Å². The van der Waals surface area contributed by atoms with E-state index in [-0.39, 0.29) is 6.61 Å². The standard InChI is InChI=1S/C31H37Cl2N7O3S/c1-3-18-43-44(41,42)40-21-25(24-6-4-5-7-28(24)40)30-27(33)20-34-31(36-30)35-22-8-9-29(26(32)19-22)39-12-10-23(11-13-39)38-16-14-37(2)15-17-38/h4-9,19-21,23H,3,10-18H2,1-2H3,(H,34,35,36). The van der Waals surface area contributed by atoms with Crippen LogP contribution < -0.4 is 10.2 Å². The zero-order valence-electron chi connectivity index (χ0n) is 24.9. The van der Waals surface area contributed by atoms with Gasteiger partial charge in [-0.25, -0.2) is 13.9 Å². The van der Waals surface area contributed by atoms with Crippen LogP contribution in [0.2, 0.25) is 10.0 Å². The van der Waals surface area contributed by atoms with Crippen LogP contribution in [0.25, 0.3) is 22.2 Å². The zero-order valence-corrected chi connectivity index (χ0v) is 27.2. The number of para-hydroxylation sites is 1.